The molecule has 0 bridgehead atoms. The van der Waals surface area contributed by atoms with Crippen LogP contribution in [0.15, 0.2) is 6.33 Å². The van der Waals surface area contributed by atoms with Crippen molar-refractivity contribution in [3.8, 4) is 0 Å². The molecule has 0 radical (unpaired) electrons. The Bertz CT molecular complexity index is 508. The summed E-state index contributed by atoms with van der Waals surface area (Å²) >= 11 is 0. The topological polar surface area (TPSA) is 99.7 Å². The standard InChI is InChI=1S/C12H18N4O4/c1-8(11(17)15-3-5-20-6-4-15)16-7-14-9(10(16)13)12(18)19-2/h7-8H,3-6,13H2,1-2H3. The summed E-state index contributed by atoms with van der Waals surface area (Å²) in [5, 5.41) is 0. The van der Waals surface area contributed by atoms with Crippen LogP contribution in [0.25, 0.3) is 0 Å². The molecule has 1 aromatic rings. The second-order valence-corrected chi connectivity index (χ2v) is 4.49. The minimum atomic E-state index is -0.618. The Hall–Kier alpha value is -2.09. The van der Waals surface area contributed by atoms with E-state index in [2.05, 4.69) is 9.72 Å². The Morgan fingerprint density at radius 3 is 2.70 bits per heavy atom. The molecule has 1 amide bonds. The summed E-state index contributed by atoms with van der Waals surface area (Å²) in [5.41, 5.74) is 5.87. The summed E-state index contributed by atoms with van der Waals surface area (Å²) in [4.78, 5) is 29.4. The molecule has 0 aromatic carbocycles. The number of carbonyl (C=O) groups excluding carboxylic acids is 2. The van der Waals surface area contributed by atoms with Gasteiger partial charge in [-0.2, -0.15) is 0 Å². The van der Waals surface area contributed by atoms with E-state index in [0.29, 0.717) is 26.3 Å². The zero-order chi connectivity index (χ0) is 14.7. The van der Waals surface area contributed by atoms with Crippen molar-refractivity contribution in [3.05, 3.63) is 12.0 Å². The fraction of sp³-hybridized carbons (Fsp3) is 0.583. The molecule has 1 aromatic heterocycles. The molecule has 1 fully saturated rings. The van der Waals surface area contributed by atoms with Crippen molar-refractivity contribution in [1.82, 2.24) is 14.5 Å². The zero-order valence-electron chi connectivity index (χ0n) is 11.5. The Kier molecular flexibility index (Phi) is 4.23. The molecular weight excluding hydrogens is 264 g/mol. The lowest BCUT2D eigenvalue weighted by Crippen LogP contribution is -2.43. The highest BCUT2D eigenvalue weighted by atomic mass is 16.5. The minimum absolute atomic E-state index is 0.0223. The molecule has 2 heterocycles. The van der Waals surface area contributed by atoms with Crippen molar-refractivity contribution >= 4 is 17.7 Å². The smallest absolute Gasteiger partial charge is 0.360 e. The van der Waals surface area contributed by atoms with Gasteiger partial charge in [0.15, 0.2) is 5.69 Å². The number of aromatic nitrogens is 2. The average Bonchev–Trinajstić information content (AvgIpc) is 2.87. The molecule has 20 heavy (non-hydrogen) atoms. The highest BCUT2D eigenvalue weighted by Crippen LogP contribution is 2.19. The van der Waals surface area contributed by atoms with Gasteiger partial charge < -0.3 is 24.7 Å². The minimum Gasteiger partial charge on any atom is -0.464 e. The summed E-state index contributed by atoms with van der Waals surface area (Å²) in [6.07, 6.45) is 1.38. The summed E-state index contributed by atoms with van der Waals surface area (Å²) in [6, 6.07) is -0.529. The van der Waals surface area contributed by atoms with Gasteiger partial charge in [-0.15, -0.1) is 0 Å². The second-order valence-electron chi connectivity index (χ2n) is 4.49. The van der Waals surface area contributed by atoms with Gasteiger partial charge in [0.2, 0.25) is 5.91 Å². The van der Waals surface area contributed by atoms with Crippen LogP contribution in [-0.2, 0) is 14.3 Å². The van der Waals surface area contributed by atoms with Crippen molar-refractivity contribution in [3.63, 3.8) is 0 Å². The number of ether oxygens (including phenoxy) is 2. The van der Waals surface area contributed by atoms with E-state index in [1.165, 1.54) is 18.0 Å². The molecule has 2 rings (SSSR count). The first-order valence-electron chi connectivity index (χ1n) is 6.33. The number of nitrogens with zero attached hydrogens (tertiary/aromatic N) is 3. The van der Waals surface area contributed by atoms with E-state index in [1.807, 2.05) is 0 Å². The van der Waals surface area contributed by atoms with Gasteiger partial charge >= 0.3 is 5.97 Å². The Balaban J connectivity index is 2.16. The molecule has 1 unspecified atom stereocenters. The molecule has 1 atom stereocenters. The predicted molar refractivity (Wildman–Crippen MR) is 70.1 cm³/mol. The van der Waals surface area contributed by atoms with Gasteiger partial charge in [-0.3, -0.25) is 4.79 Å². The van der Waals surface area contributed by atoms with Gasteiger partial charge in [0.1, 0.15) is 11.9 Å². The maximum absolute atomic E-state index is 12.3. The Morgan fingerprint density at radius 1 is 1.45 bits per heavy atom. The number of amides is 1. The highest BCUT2D eigenvalue weighted by molar-refractivity contribution is 5.92. The molecule has 8 heteroatoms. The maximum atomic E-state index is 12.3. The van der Waals surface area contributed by atoms with Crippen LogP contribution < -0.4 is 5.73 Å². The van der Waals surface area contributed by atoms with E-state index >= 15 is 0 Å². The number of nitrogens with two attached hydrogens (primary N) is 1. The van der Waals surface area contributed by atoms with Crippen LogP contribution >= 0.6 is 0 Å². The van der Waals surface area contributed by atoms with Gasteiger partial charge in [-0.25, -0.2) is 9.78 Å². The molecule has 2 N–H and O–H groups in total. The van der Waals surface area contributed by atoms with E-state index in [-0.39, 0.29) is 17.4 Å². The van der Waals surface area contributed by atoms with E-state index in [1.54, 1.807) is 11.8 Å². The predicted octanol–water partition coefficient (Wildman–Crippen LogP) is -0.328. The number of rotatable bonds is 3. The number of imidazole rings is 1. The SMILES string of the molecule is COC(=O)c1ncn(C(C)C(=O)N2CCOCC2)c1N. The van der Waals surface area contributed by atoms with Gasteiger partial charge in [0.05, 0.1) is 26.7 Å². The molecule has 8 nitrogen and oxygen atoms in total. The van der Waals surface area contributed by atoms with Crippen LogP contribution in [0.5, 0.6) is 0 Å². The molecule has 0 spiro atoms. The van der Waals surface area contributed by atoms with Gasteiger partial charge in [-0.05, 0) is 6.92 Å². The normalized spacial score (nSPS) is 16.8. The number of nitrogen functional groups attached to an aromatic ring is 1. The van der Waals surface area contributed by atoms with E-state index in [4.69, 9.17) is 10.5 Å². The van der Waals surface area contributed by atoms with Crippen LogP contribution in [0.3, 0.4) is 0 Å². The number of hydrogen-bond donors (Lipinski definition) is 1. The van der Waals surface area contributed by atoms with Gasteiger partial charge in [0, 0.05) is 13.1 Å². The Labute approximate surface area is 116 Å². The highest BCUT2D eigenvalue weighted by Gasteiger charge is 2.27. The first-order valence-corrected chi connectivity index (χ1v) is 6.33. The molecule has 0 saturated carbocycles. The van der Waals surface area contributed by atoms with Crippen LogP contribution in [0.1, 0.15) is 23.5 Å². The van der Waals surface area contributed by atoms with E-state index in [0.717, 1.165) is 0 Å². The fourth-order valence-electron chi connectivity index (χ4n) is 2.10. The van der Waals surface area contributed by atoms with Crippen molar-refractivity contribution in [2.24, 2.45) is 0 Å². The van der Waals surface area contributed by atoms with Crippen LogP contribution in [0.4, 0.5) is 5.82 Å². The first-order chi connectivity index (χ1) is 9.56. The number of anilines is 1. The Morgan fingerprint density at radius 2 is 2.10 bits per heavy atom. The maximum Gasteiger partial charge on any atom is 0.360 e. The molecule has 1 saturated heterocycles. The number of carbonyl (C=O) groups is 2. The third-order valence-corrected chi connectivity index (χ3v) is 3.31. The van der Waals surface area contributed by atoms with E-state index in [9.17, 15) is 9.59 Å². The molecular formula is C12H18N4O4. The summed E-state index contributed by atoms with van der Waals surface area (Å²) < 4.78 is 11.3. The monoisotopic (exact) mass is 282 g/mol. The lowest BCUT2D eigenvalue weighted by molar-refractivity contribution is -0.138. The second kappa shape index (κ2) is 5.91. The van der Waals surface area contributed by atoms with Crippen molar-refractivity contribution < 1.29 is 19.1 Å². The van der Waals surface area contributed by atoms with E-state index < -0.39 is 12.0 Å². The average molecular weight is 282 g/mol. The van der Waals surface area contributed by atoms with Crippen LogP contribution in [0, 0.1) is 0 Å². The van der Waals surface area contributed by atoms with Gasteiger partial charge in [0.25, 0.3) is 0 Å². The van der Waals surface area contributed by atoms with Crippen molar-refractivity contribution in [1.29, 1.82) is 0 Å². The molecule has 1 aliphatic heterocycles. The van der Waals surface area contributed by atoms with Crippen LogP contribution in [-0.4, -0.2) is 59.7 Å². The number of methoxy groups -OCH3 is 1. The third-order valence-electron chi connectivity index (χ3n) is 3.31. The third kappa shape index (κ3) is 2.60. The first kappa shape index (κ1) is 14.3. The summed E-state index contributed by atoms with van der Waals surface area (Å²) in [7, 11) is 1.25. The van der Waals surface area contributed by atoms with Crippen LogP contribution in [0.2, 0.25) is 0 Å². The summed E-state index contributed by atoms with van der Waals surface area (Å²) in [6.45, 7) is 3.90. The number of esters is 1. The fourth-order valence-corrected chi connectivity index (χ4v) is 2.10. The van der Waals surface area contributed by atoms with Crippen molar-refractivity contribution in [2.45, 2.75) is 13.0 Å². The molecule has 1 aliphatic rings. The lowest BCUT2D eigenvalue weighted by Gasteiger charge is -2.29. The van der Waals surface area contributed by atoms with Gasteiger partial charge in [-0.1, -0.05) is 0 Å². The number of morpholine rings is 1. The summed E-state index contributed by atoms with van der Waals surface area (Å²) in [5.74, 6) is -0.563. The lowest BCUT2D eigenvalue weighted by atomic mass is 10.2. The largest absolute Gasteiger partial charge is 0.464 e. The number of hydrogen-bond acceptors (Lipinski definition) is 6. The molecule has 110 valence electrons. The van der Waals surface area contributed by atoms with Crippen molar-refractivity contribution in [2.75, 3.05) is 39.1 Å². The molecule has 0 aliphatic carbocycles. The zero-order valence-corrected chi connectivity index (χ0v) is 11.5. The quantitative estimate of drug-likeness (QED) is 0.762.